The van der Waals surface area contributed by atoms with E-state index < -0.39 is 5.95 Å². The van der Waals surface area contributed by atoms with E-state index in [0.717, 1.165) is 19.3 Å². The van der Waals surface area contributed by atoms with E-state index in [1.165, 1.54) is 36.7 Å². The minimum Gasteiger partial charge on any atom is -0.349 e. The Labute approximate surface area is 135 Å². The smallest absolute Gasteiger partial charge is 0.253 e. The molecule has 0 aliphatic heterocycles. The molecular weight excluding hydrogens is 291 g/mol. The SMILES string of the molecule is O=C(NC(Cc1ccccc1)C1CCCC1)c1ccc(F)nc1. The van der Waals surface area contributed by atoms with Crippen LogP contribution in [0.15, 0.2) is 48.7 Å². The summed E-state index contributed by atoms with van der Waals surface area (Å²) in [6.45, 7) is 0. The van der Waals surface area contributed by atoms with Gasteiger partial charge in [-0.25, -0.2) is 4.98 Å². The highest BCUT2D eigenvalue weighted by atomic mass is 19.1. The molecule has 1 saturated carbocycles. The van der Waals surface area contributed by atoms with Crippen LogP contribution in [0.5, 0.6) is 0 Å². The van der Waals surface area contributed by atoms with Gasteiger partial charge < -0.3 is 5.32 Å². The number of carbonyl (C=O) groups is 1. The van der Waals surface area contributed by atoms with E-state index in [-0.39, 0.29) is 11.9 Å². The number of nitrogens with one attached hydrogen (secondary N) is 1. The van der Waals surface area contributed by atoms with Crippen molar-refractivity contribution in [2.24, 2.45) is 5.92 Å². The maximum absolute atomic E-state index is 12.9. The van der Waals surface area contributed by atoms with E-state index in [0.29, 0.717) is 11.5 Å². The van der Waals surface area contributed by atoms with Gasteiger partial charge in [0.1, 0.15) is 0 Å². The van der Waals surface area contributed by atoms with Crippen LogP contribution in [0.1, 0.15) is 41.6 Å². The van der Waals surface area contributed by atoms with Crippen molar-refractivity contribution in [2.75, 3.05) is 0 Å². The first kappa shape index (κ1) is 15.7. The summed E-state index contributed by atoms with van der Waals surface area (Å²) in [6.07, 6.45) is 6.87. The molecule has 0 spiro atoms. The molecule has 1 unspecified atom stereocenters. The van der Waals surface area contributed by atoms with E-state index in [1.54, 1.807) is 0 Å². The molecule has 1 heterocycles. The van der Waals surface area contributed by atoms with Crippen molar-refractivity contribution in [3.8, 4) is 0 Å². The summed E-state index contributed by atoms with van der Waals surface area (Å²) in [5, 5.41) is 3.14. The molecule has 0 bridgehead atoms. The zero-order valence-electron chi connectivity index (χ0n) is 13.0. The monoisotopic (exact) mass is 312 g/mol. The molecule has 0 saturated heterocycles. The number of nitrogens with zero attached hydrogens (tertiary/aromatic N) is 1. The summed E-state index contributed by atoms with van der Waals surface area (Å²) in [7, 11) is 0. The Morgan fingerprint density at radius 3 is 2.57 bits per heavy atom. The fourth-order valence-electron chi connectivity index (χ4n) is 3.33. The molecule has 1 N–H and O–H groups in total. The lowest BCUT2D eigenvalue weighted by molar-refractivity contribution is 0.0921. The second kappa shape index (κ2) is 7.36. The second-order valence-electron chi connectivity index (χ2n) is 6.18. The first-order valence-corrected chi connectivity index (χ1v) is 8.19. The molecule has 1 fully saturated rings. The number of aromatic nitrogens is 1. The van der Waals surface area contributed by atoms with E-state index in [2.05, 4.69) is 22.4 Å². The average Bonchev–Trinajstić information content (AvgIpc) is 3.10. The van der Waals surface area contributed by atoms with Crippen LogP contribution in [0.3, 0.4) is 0 Å². The largest absolute Gasteiger partial charge is 0.349 e. The van der Waals surface area contributed by atoms with Gasteiger partial charge in [-0.3, -0.25) is 4.79 Å². The van der Waals surface area contributed by atoms with Crippen molar-refractivity contribution in [3.63, 3.8) is 0 Å². The van der Waals surface area contributed by atoms with Gasteiger partial charge in [0, 0.05) is 12.2 Å². The summed E-state index contributed by atoms with van der Waals surface area (Å²) in [6, 6.07) is 13.0. The van der Waals surface area contributed by atoms with Gasteiger partial charge in [0.25, 0.3) is 5.91 Å². The minimum atomic E-state index is -0.571. The molecule has 1 amide bonds. The predicted molar refractivity (Wildman–Crippen MR) is 87.6 cm³/mol. The fourth-order valence-corrected chi connectivity index (χ4v) is 3.33. The highest BCUT2D eigenvalue weighted by Crippen LogP contribution is 2.29. The third-order valence-corrected chi connectivity index (χ3v) is 4.57. The molecule has 4 heteroatoms. The van der Waals surface area contributed by atoms with Crippen LogP contribution in [-0.2, 0) is 6.42 Å². The van der Waals surface area contributed by atoms with Crippen molar-refractivity contribution in [3.05, 3.63) is 65.7 Å². The summed E-state index contributed by atoms with van der Waals surface area (Å²) in [4.78, 5) is 16.0. The van der Waals surface area contributed by atoms with Gasteiger partial charge in [0.2, 0.25) is 5.95 Å². The number of carbonyl (C=O) groups excluding carboxylic acids is 1. The van der Waals surface area contributed by atoms with Crippen LogP contribution in [0, 0.1) is 11.9 Å². The third-order valence-electron chi connectivity index (χ3n) is 4.57. The second-order valence-corrected chi connectivity index (χ2v) is 6.18. The standard InChI is InChI=1S/C19H21FN2O/c20-18-11-10-16(13-21-18)19(23)22-17(15-8-4-5-9-15)12-14-6-2-1-3-7-14/h1-3,6-7,10-11,13,15,17H,4-5,8-9,12H2,(H,22,23). The molecule has 1 aromatic heterocycles. The number of hydrogen-bond acceptors (Lipinski definition) is 2. The lowest BCUT2D eigenvalue weighted by atomic mass is 9.92. The topological polar surface area (TPSA) is 42.0 Å². The molecule has 120 valence electrons. The van der Waals surface area contributed by atoms with E-state index in [4.69, 9.17) is 0 Å². The molecule has 0 radical (unpaired) electrons. The normalized spacial score (nSPS) is 16.2. The summed E-state index contributed by atoms with van der Waals surface area (Å²) in [5.74, 6) is -0.240. The molecule has 1 atom stereocenters. The van der Waals surface area contributed by atoms with Gasteiger partial charge in [-0.1, -0.05) is 43.2 Å². The Hall–Kier alpha value is -2.23. The maximum Gasteiger partial charge on any atom is 0.253 e. The minimum absolute atomic E-state index is 0.109. The van der Waals surface area contributed by atoms with Crippen LogP contribution >= 0.6 is 0 Å². The Morgan fingerprint density at radius 2 is 1.91 bits per heavy atom. The first-order chi connectivity index (χ1) is 11.2. The van der Waals surface area contributed by atoms with Crippen LogP contribution in [0.2, 0.25) is 0 Å². The number of halogens is 1. The predicted octanol–water partition coefficient (Wildman–Crippen LogP) is 3.75. The van der Waals surface area contributed by atoms with Gasteiger partial charge in [0.05, 0.1) is 5.56 Å². The number of rotatable bonds is 5. The number of benzene rings is 1. The quantitative estimate of drug-likeness (QED) is 0.854. The number of amides is 1. The summed E-state index contributed by atoms with van der Waals surface area (Å²) in [5.41, 5.74) is 1.63. The first-order valence-electron chi connectivity index (χ1n) is 8.19. The van der Waals surface area contributed by atoms with E-state index in [1.807, 2.05) is 18.2 Å². The van der Waals surface area contributed by atoms with Crippen molar-refractivity contribution >= 4 is 5.91 Å². The Balaban J connectivity index is 1.72. The zero-order valence-corrected chi connectivity index (χ0v) is 13.0. The fraction of sp³-hybridized carbons (Fsp3) is 0.368. The Bertz CT molecular complexity index is 636. The third kappa shape index (κ3) is 4.15. The Morgan fingerprint density at radius 1 is 1.17 bits per heavy atom. The van der Waals surface area contributed by atoms with Crippen molar-refractivity contribution in [1.29, 1.82) is 0 Å². The average molecular weight is 312 g/mol. The van der Waals surface area contributed by atoms with Crippen LogP contribution in [-0.4, -0.2) is 16.9 Å². The Kier molecular flexibility index (Phi) is 5.01. The van der Waals surface area contributed by atoms with Gasteiger partial charge >= 0.3 is 0 Å². The van der Waals surface area contributed by atoms with Crippen LogP contribution in [0.25, 0.3) is 0 Å². The lowest BCUT2D eigenvalue weighted by Gasteiger charge is -2.25. The van der Waals surface area contributed by atoms with Gasteiger partial charge in [-0.15, -0.1) is 0 Å². The summed E-state index contributed by atoms with van der Waals surface area (Å²) >= 11 is 0. The molecule has 23 heavy (non-hydrogen) atoms. The zero-order chi connectivity index (χ0) is 16.1. The molecular formula is C19H21FN2O. The van der Waals surface area contributed by atoms with Crippen LogP contribution in [0.4, 0.5) is 4.39 Å². The lowest BCUT2D eigenvalue weighted by Crippen LogP contribution is -2.41. The highest BCUT2D eigenvalue weighted by Gasteiger charge is 2.27. The maximum atomic E-state index is 12.9. The molecule has 3 nitrogen and oxygen atoms in total. The number of pyridine rings is 1. The van der Waals surface area contributed by atoms with Gasteiger partial charge in [0.15, 0.2) is 0 Å². The van der Waals surface area contributed by atoms with E-state index >= 15 is 0 Å². The number of hydrogen-bond donors (Lipinski definition) is 1. The van der Waals surface area contributed by atoms with Crippen molar-refractivity contribution < 1.29 is 9.18 Å². The van der Waals surface area contributed by atoms with Crippen LogP contribution < -0.4 is 5.32 Å². The van der Waals surface area contributed by atoms with Crippen molar-refractivity contribution in [1.82, 2.24) is 10.3 Å². The molecule has 3 rings (SSSR count). The van der Waals surface area contributed by atoms with E-state index in [9.17, 15) is 9.18 Å². The summed E-state index contributed by atoms with van der Waals surface area (Å²) < 4.78 is 12.9. The van der Waals surface area contributed by atoms with Gasteiger partial charge in [-0.05, 0) is 42.9 Å². The van der Waals surface area contributed by atoms with Crippen molar-refractivity contribution in [2.45, 2.75) is 38.1 Å². The molecule has 1 aromatic carbocycles. The highest BCUT2D eigenvalue weighted by molar-refractivity contribution is 5.94. The molecule has 1 aliphatic rings. The van der Waals surface area contributed by atoms with Gasteiger partial charge in [-0.2, -0.15) is 4.39 Å². The molecule has 2 aromatic rings. The molecule has 1 aliphatic carbocycles.